The molecule has 4 heteroatoms. The summed E-state index contributed by atoms with van der Waals surface area (Å²) in [4.78, 5) is 14.8. The molecule has 1 heterocycles. The lowest BCUT2D eigenvalue weighted by Crippen LogP contribution is -2.38. The van der Waals surface area contributed by atoms with Crippen LogP contribution in [-0.4, -0.2) is 16.9 Å². The summed E-state index contributed by atoms with van der Waals surface area (Å²) in [7, 11) is 0. The SMILES string of the molecule is C=C(F)C(=O)NC1CCc2[nH]c3ccc(C)cc3c2C1. The number of carbonyl (C=O) groups is 1. The number of H-pyrrole nitrogens is 1. The van der Waals surface area contributed by atoms with Crippen molar-refractivity contribution in [3.05, 3.63) is 47.4 Å². The first kappa shape index (κ1) is 12.9. The number of nitrogens with one attached hydrogen (secondary N) is 2. The average molecular weight is 272 g/mol. The number of benzene rings is 1. The summed E-state index contributed by atoms with van der Waals surface area (Å²) in [6.07, 6.45) is 2.42. The normalized spacial score (nSPS) is 17.8. The second kappa shape index (κ2) is 4.78. The van der Waals surface area contributed by atoms with Crippen LogP contribution in [0, 0.1) is 6.92 Å². The fourth-order valence-corrected chi connectivity index (χ4v) is 2.92. The van der Waals surface area contributed by atoms with Crippen LogP contribution in [0.3, 0.4) is 0 Å². The van der Waals surface area contributed by atoms with Crippen molar-refractivity contribution < 1.29 is 9.18 Å². The molecule has 1 atom stereocenters. The van der Waals surface area contributed by atoms with Crippen molar-refractivity contribution >= 4 is 16.8 Å². The second-order valence-corrected chi connectivity index (χ2v) is 5.45. The third-order valence-corrected chi connectivity index (χ3v) is 3.92. The molecule has 0 aliphatic heterocycles. The molecule has 3 nitrogen and oxygen atoms in total. The van der Waals surface area contributed by atoms with Crippen LogP contribution in [0.1, 0.15) is 23.2 Å². The van der Waals surface area contributed by atoms with Gasteiger partial charge in [0.2, 0.25) is 0 Å². The Balaban J connectivity index is 1.90. The van der Waals surface area contributed by atoms with Crippen molar-refractivity contribution in [2.45, 2.75) is 32.2 Å². The van der Waals surface area contributed by atoms with Gasteiger partial charge in [-0.05, 0) is 43.9 Å². The lowest BCUT2D eigenvalue weighted by Gasteiger charge is -2.23. The first-order chi connectivity index (χ1) is 9.54. The molecule has 1 aromatic heterocycles. The highest BCUT2D eigenvalue weighted by atomic mass is 19.1. The van der Waals surface area contributed by atoms with Gasteiger partial charge in [-0.15, -0.1) is 0 Å². The van der Waals surface area contributed by atoms with E-state index < -0.39 is 11.7 Å². The molecule has 1 aliphatic rings. The van der Waals surface area contributed by atoms with Crippen LogP contribution in [0.4, 0.5) is 4.39 Å². The van der Waals surface area contributed by atoms with Crippen molar-refractivity contribution in [3.63, 3.8) is 0 Å². The minimum atomic E-state index is -0.925. The van der Waals surface area contributed by atoms with E-state index in [2.05, 4.69) is 42.0 Å². The average Bonchev–Trinajstić information content (AvgIpc) is 2.76. The number of halogens is 1. The predicted molar refractivity (Wildman–Crippen MR) is 77.2 cm³/mol. The van der Waals surface area contributed by atoms with Gasteiger partial charge in [-0.25, -0.2) is 4.39 Å². The number of fused-ring (bicyclic) bond motifs is 3. The van der Waals surface area contributed by atoms with Gasteiger partial charge in [0, 0.05) is 22.6 Å². The van der Waals surface area contributed by atoms with E-state index in [1.54, 1.807) is 0 Å². The minimum absolute atomic E-state index is 0.0259. The fourth-order valence-electron chi connectivity index (χ4n) is 2.92. The summed E-state index contributed by atoms with van der Waals surface area (Å²) in [6, 6.07) is 6.29. The summed E-state index contributed by atoms with van der Waals surface area (Å²) in [5.41, 5.74) is 4.81. The van der Waals surface area contributed by atoms with Crippen LogP contribution < -0.4 is 5.32 Å². The maximum atomic E-state index is 12.8. The van der Waals surface area contributed by atoms with E-state index in [4.69, 9.17) is 0 Å². The van der Waals surface area contributed by atoms with Crippen molar-refractivity contribution in [2.24, 2.45) is 0 Å². The quantitative estimate of drug-likeness (QED) is 0.811. The highest BCUT2D eigenvalue weighted by molar-refractivity contribution is 5.91. The van der Waals surface area contributed by atoms with Crippen LogP contribution in [0.5, 0.6) is 0 Å². The van der Waals surface area contributed by atoms with Gasteiger partial charge in [0.05, 0.1) is 0 Å². The number of rotatable bonds is 2. The van der Waals surface area contributed by atoms with E-state index in [0.717, 1.165) is 24.8 Å². The third kappa shape index (κ3) is 2.22. The van der Waals surface area contributed by atoms with Gasteiger partial charge in [-0.1, -0.05) is 18.2 Å². The standard InChI is InChI=1S/C16H17FN2O/c1-9-3-5-14-12(7-9)13-8-11(4-6-15(13)19-14)18-16(20)10(2)17/h3,5,7,11,19H,2,4,6,8H2,1H3,(H,18,20). The van der Waals surface area contributed by atoms with Crippen LogP contribution >= 0.6 is 0 Å². The van der Waals surface area contributed by atoms with Crippen molar-refractivity contribution in [3.8, 4) is 0 Å². The van der Waals surface area contributed by atoms with Gasteiger partial charge in [0.25, 0.3) is 5.91 Å². The molecule has 0 spiro atoms. The molecule has 1 unspecified atom stereocenters. The van der Waals surface area contributed by atoms with E-state index in [1.165, 1.54) is 22.2 Å². The van der Waals surface area contributed by atoms with Gasteiger partial charge < -0.3 is 10.3 Å². The molecule has 3 rings (SSSR count). The van der Waals surface area contributed by atoms with E-state index in [9.17, 15) is 9.18 Å². The molecule has 0 saturated heterocycles. The smallest absolute Gasteiger partial charge is 0.279 e. The molecule has 20 heavy (non-hydrogen) atoms. The summed E-state index contributed by atoms with van der Waals surface area (Å²) >= 11 is 0. The maximum Gasteiger partial charge on any atom is 0.279 e. The number of aromatic amines is 1. The Morgan fingerprint density at radius 3 is 3.05 bits per heavy atom. The number of aryl methyl sites for hydroxylation is 2. The summed E-state index contributed by atoms with van der Waals surface area (Å²) in [6.45, 7) is 5.10. The number of amides is 1. The topological polar surface area (TPSA) is 44.9 Å². The first-order valence-corrected chi connectivity index (χ1v) is 6.80. The van der Waals surface area contributed by atoms with Gasteiger partial charge >= 0.3 is 0 Å². The first-order valence-electron chi connectivity index (χ1n) is 6.80. The van der Waals surface area contributed by atoms with E-state index in [1.807, 2.05) is 0 Å². The zero-order valence-electron chi connectivity index (χ0n) is 11.4. The lowest BCUT2D eigenvalue weighted by atomic mass is 9.91. The van der Waals surface area contributed by atoms with Gasteiger partial charge in [0.15, 0.2) is 5.83 Å². The molecule has 104 valence electrons. The molecular weight excluding hydrogens is 255 g/mol. The van der Waals surface area contributed by atoms with Crippen LogP contribution in [0.2, 0.25) is 0 Å². The monoisotopic (exact) mass is 272 g/mol. The summed E-state index contributed by atoms with van der Waals surface area (Å²) in [5.74, 6) is -1.62. The zero-order chi connectivity index (χ0) is 14.3. The Morgan fingerprint density at radius 1 is 1.50 bits per heavy atom. The Hall–Kier alpha value is -2.10. The Kier molecular flexibility index (Phi) is 3.08. The van der Waals surface area contributed by atoms with Crippen molar-refractivity contribution in [2.75, 3.05) is 0 Å². The van der Waals surface area contributed by atoms with E-state index >= 15 is 0 Å². The number of hydrogen-bond donors (Lipinski definition) is 2. The molecule has 0 fully saturated rings. The lowest BCUT2D eigenvalue weighted by molar-refractivity contribution is -0.119. The molecule has 2 N–H and O–H groups in total. The van der Waals surface area contributed by atoms with Gasteiger partial charge in [-0.2, -0.15) is 0 Å². The molecule has 2 aromatic rings. The van der Waals surface area contributed by atoms with E-state index in [-0.39, 0.29) is 6.04 Å². The van der Waals surface area contributed by atoms with Crippen molar-refractivity contribution in [1.29, 1.82) is 0 Å². The van der Waals surface area contributed by atoms with Crippen molar-refractivity contribution in [1.82, 2.24) is 10.3 Å². The summed E-state index contributed by atoms with van der Waals surface area (Å²) in [5, 5.41) is 3.91. The van der Waals surface area contributed by atoms with Crippen LogP contribution in [0.15, 0.2) is 30.6 Å². The third-order valence-electron chi connectivity index (χ3n) is 3.92. The molecule has 0 radical (unpaired) electrons. The van der Waals surface area contributed by atoms with E-state index in [0.29, 0.717) is 0 Å². The van der Waals surface area contributed by atoms with Crippen LogP contribution in [-0.2, 0) is 17.6 Å². The molecule has 1 aromatic carbocycles. The molecule has 0 bridgehead atoms. The molecular formula is C16H17FN2O. The Bertz CT molecular complexity index is 702. The number of hydrogen-bond acceptors (Lipinski definition) is 1. The Labute approximate surface area is 116 Å². The number of aromatic nitrogens is 1. The highest BCUT2D eigenvalue weighted by Gasteiger charge is 2.24. The van der Waals surface area contributed by atoms with Gasteiger partial charge in [-0.3, -0.25) is 4.79 Å². The summed E-state index contributed by atoms with van der Waals surface area (Å²) < 4.78 is 12.8. The molecule has 0 saturated carbocycles. The largest absolute Gasteiger partial charge is 0.358 e. The van der Waals surface area contributed by atoms with Crippen LogP contribution in [0.25, 0.3) is 10.9 Å². The Morgan fingerprint density at radius 2 is 2.30 bits per heavy atom. The molecule has 1 aliphatic carbocycles. The minimum Gasteiger partial charge on any atom is -0.358 e. The zero-order valence-corrected chi connectivity index (χ0v) is 11.4. The molecule has 1 amide bonds. The maximum absolute atomic E-state index is 12.8. The second-order valence-electron chi connectivity index (χ2n) is 5.45. The van der Waals surface area contributed by atoms with Gasteiger partial charge in [0.1, 0.15) is 0 Å². The number of carbonyl (C=O) groups excluding carboxylic acids is 1. The predicted octanol–water partition coefficient (Wildman–Crippen LogP) is 2.93. The fraction of sp³-hybridized carbons (Fsp3) is 0.312. The highest BCUT2D eigenvalue weighted by Crippen LogP contribution is 2.29.